The van der Waals surface area contributed by atoms with E-state index in [0.717, 1.165) is 43.5 Å². The van der Waals surface area contributed by atoms with Gasteiger partial charge in [0.05, 0.1) is 49.3 Å². The normalized spacial score (nSPS) is 11.2. The van der Waals surface area contributed by atoms with Gasteiger partial charge in [0.1, 0.15) is 6.33 Å². The van der Waals surface area contributed by atoms with E-state index in [4.69, 9.17) is 24.2 Å². The second-order valence-electron chi connectivity index (χ2n) is 8.12. The highest BCUT2D eigenvalue weighted by Gasteiger charge is 2.21. The van der Waals surface area contributed by atoms with E-state index < -0.39 is 0 Å². The lowest BCUT2D eigenvalue weighted by atomic mass is 10.0. The van der Waals surface area contributed by atoms with Crippen molar-refractivity contribution in [2.75, 3.05) is 21.3 Å². The minimum absolute atomic E-state index is 0.540. The number of rotatable bonds is 5. The number of ether oxygens (including phenoxy) is 3. The molecule has 0 radical (unpaired) electrons. The van der Waals surface area contributed by atoms with Crippen LogP contribution in [0.5, 0.6) is 17.2 Å². The minimum atomic E-state index is 0.540. The first-order valence-corrected chi connectivity index (χ1v) is 11.6. The molecule has 3 aromatic carbocycles. The summed E-state index contributed by atoms with van der Waals surface area (Å²) in [4.78, 5) is 9.96. The maximum atomic E-state index is 5.62. The molecule has 6 nitrogen and oxygen atoms in total. The van der Waals surface area contributed by atoms with Crippen LogP contribution in [0.1, 0.15) is 11.1 Å². The van der Waals surface area contributed by atoms with Crippen LogP contribution in [0.3, 0.4) is 0 Å². The monoisotopic (exact) mass is 517 g/mol. The quantitative estimate of drug-likeness (QED) is 0.262. The molecular formula is C27H24BrN3O3. The van der Waals surface area contributed by atoms with Crippen molar-refractivity contribution in [1.29, 1.82) is 0 Å². The van der Waals surface area contributed by atoms with E-state index in [9.17, 15) is 0 Å². The first kappa shape index (κ1) is 22.2. The topological polar surface area (TPSA) is 57.9 Å². The van der Waals surface area contributed by atoms with Crippen molar-refractivity contribution < 1.29 is 14.2 Å². The predicted molar refractivity (Wildman–Crippen MR) is 138 cm³/mol. The number of methoxy groups -OCH3 is 3. The summed E-state index contributed by atoms with van der Waals surface area (Å²) in [5, 5.41) is 0. The Hall–Kier alpha value is -3.58. The first-order valence-electron chi connectivity index (χ1n) is 10.8. The molecule has 0 saturated carbocycles. The van der Waals surface area contributed by atoms with Crippen molar-refractivity contribution in [2.45, 2.75) is 13.8 Å². The molecule has 172 valence electrons. The molecule has 0 saturated heterocycles. The van der Waals surface area contributed by atoms with Gasteiger partial charge >= 0.3 is 0 Å². The molecule has 7 heteroatoms. The summed E-state index contributed by atoms with van der Waals surface area (Å²) in [7, 11) is 4.83. The van der Waals surface area contributed by atoms with Gasteiger partial charge in [-0.3, -0.25) is 4.40 Å². The van der Waals surface area contributed by atoms with Crippen molar-refractivity contribution >= 4 is 32.5 Å². The summed E-state index contributed by atoms with van der Waals surface area (Å²) in [6.45, 7) is 4.21. The van der Waals surface area contributed by atoms with Crippen molar-refractivity contribution in [2.24, 2.45) is 0 Å². The average molecular weight is 518 g/mol. The molecule has 2 aromatic heterocycles. The third kappa shape index (κ3) is 3.56. The number of hydrogen-bond donors (Lipinski definition) is 0. The Balaban J connectivity index is 1.90. The van der Waals surface area contributed by atoms with Crippen LogP contribution in [0.2, 0.25) is 0 Å². The van der Waals surface area contributed by atoms with E-state index in [1.807, 2.05) is 30.6 Å². The Labute approximate surface area is 206 Å². The van der Waals surface area contributed by atoms with Crippen LogP contribution < -0.4 is 14.2 Å². The maximum absolute atomic E-state index is 5.62. The maximum Gasteiger partial charge on any atom is 0.203 e. The number of halogens is 1. The Morgan fingerprint density at radius 1 is 0.765 bits per heavy atom. The lowest BCUT2D eigenvalue weighted by Gasteiger charge is -2.16. The molecule has 5 rings (SSSR count). The fourth-order valence-electron chi connectivity index (χ4n) is 4.24. The predicted octanol–water partition coefficient (Wildman–Crippen LogP) is 6.62. The first-order chi connectivity index (χ1) is 16.4. The second-order valence-corrected chi connectivity index (χ2v) is 9.03. The number of nitrogens with zero attached hydrogens (tertiary/aromatic N) is 3. The Bertz CT molecular complexity index is 1520. The van der Waals surface area contributed by atoms with Gasteiger partial charge in [-0.2, -0.15) is 0 Å². The smallest absolute Gasteiger partial charge is 0.203 e. The molecule has 0 fully saturated rings. The number of hydrogen-bond acceptors (Lipinski definition) is 5. The Kier molecular flexibility index (Phi) is 5.65. The second kappa shape index (κ2) is 8.65. The number of aryl methyl sites for hydroxylation is 2. The summed E-state index contributed by atoms with van der Waals surface area (Å²) in [6, 6.07) is 16.3. The lowest BCUT2D eigenvalue weighted by molar-refractivity contribution is 0.324. The van der Waals surface area contributed by atoms with Crippen LogP contribution in [-0.4, -0.2) is 35.7 Å². The fraction of sp³-hybridized carbons (Fsp3) is 0.185. The summed E-state index contributed by atoms with van der Waals surface area (Å²) in [5.74, 6) is 1.68. The number of imidazole rings is 1. The molecule has 5 aromatic rings. The van der Waals surface area contributed by atoms with Gasteiger partial charge in [-0.15, -0.1) is 0 Å². The van der Waals surface area contributed by atoms with E-state index in [0.29, 0.717) is 17.2 Å². The molecule has 2 heterocycles. The molecule has 0 aliphatic heterocycles. The van der Waals surface area contributed by atoms with Gasteiger partial charge in [0.15, 0.2) is 11.5 Å². The summed E-state index contributed by atoms with van der Waals surface area (Å²) >= 11 is 3.52. The summed E-state index contributed by atoms with van der Waals surface area (Å²) < 4.78 is 19.9. The van der Waals surface area contributed by atoms with Crippen LogP contribution in [0.4, 0.5) is 0 Å². The third-order valence-electron chi connectivity index (χ3n) is 6.13. The highest BCUT2D eigenvalue weighted by molar-refractivity contribution is 9.10. The van der Waals surface area contributed by atoms with Gasteiger partial charge in [-0.25, -0.2) is 9.97 Å². The van der Waals surface area contributed by atoms with Crippen LogP contribution in [0, 0.1) is 13.8 Å². The molecule has 0 amide bonds. The van der Waals surface area contributed by atoms with Gasteiger partial charge in [-0.05, 0) is 61.4 Å². The van der Waals surface area contributed by atoms with Gasteiger partial charge in [-0.1, -0.05) is 28.1 Å². The Morgan fingerprint density at radius 3 is 2.03 bits per heavy atom. The van der Waals surface area contributed by atoms with Crippen molar-refractivity contribution in [3.63, 3.8) is 0 Å². The van der Waals surface area contributed by atoms with E-state index in [2.05, 4.69) is 58.4 Å². The molecule has 0 aliphatic rings. The minimum Gasteiger partial charge on any atom is -0.493 e. The average Bonchev–Trinajstić information content (AvgIpc) is 3.29. The van der Waals surface area contributed by atoms with E-state index in [-0.39, 0.29) is 0 Å². The Morgan fingerprint density at radius 2 is 1.41 bits per heavy atom. The van der Waals surface area contributed by atoms with Gasteiger partial charge in [0.25, 0.3) is 0 Å². The van der Waals surface area contributed by atoms with Crippen molar-refractivity contribution in [3.05, 3.63) is 70.5 Å². The molecule has 0 unspecified atom stereocenters. The van der Waals surface area contributed by atoms with Gasteiger partial charge in [0.2, 0.25) is 5.75 Å². The molecular weight excluding hydrogens is 494 g/mol. The number of fused-ring (bicyclic) bond motifs is 3. The van der Waals surface area contributed by atoms with E-state index >= 15 is 0 Å². The van der Waals surface area contributed by atoms with E-state index in [1.54, 1.807) is 21.3 Å². The third-order valence-corrected chi connectivity index (χ3v) is 6.66. The van der Waals surface area contributed by atoms with Crippen molar-refractivity contribution in [3.8, 4) is 39.8 Å². The standard InChI is InChI=1S/C27H24BrN3O3/c1-15-10-20-21(11-16(15)2)31-14-29-24(17-6-8-19(28)9-7-17)26(31)25(30-20)18-12-22(32-3)27(34-5)23(13-18)33-4/h6-14H,1-5H3. The summed E-state index contributed by atoms with van der Waals surface area (Å²) in [5.41, 5.74) is 8.67. The highest BCUT2D eigenvalue weighted by atomic mass is 79.9. The summed E-state index contributed by atoms with van der Waals surface area (Å²) in [6.07, 6.45) is 1.87. The molecule has 0 N–H and O–H groups in total. The van der Waals surface area contributed by atoms with Crippen molar-refractivity contribution in [1.82, 2.24) is 14.4 Å². The van der Waals surface area contributed by atoms with Gasteiger partial charge < -0.3 is 14.2 Å². The number of benzene rings is 3. The van der Waals surface area contributed by atoms with E-state index in [1.165, 1.54) is 11.1 Å². The highest BCUT2D eigenvalue weighted by Crippen LogP contribution is 2.43. The van der Waals surface area contributed by atoms with Crippen LogP contribution in [-0.2, 0) is 0 Å². The number of aromatic nitrogens is 3. The van der Waals surface area contributed by atoms with Crippen LogP contribution in [0.15, 0.2) is 59.3 Å². The van der Waals surface area contributed by atoms with Gasteiger partial charge in [0, 0.05) is 15.6 Å². The SMILES string of the molecule is COc1cc(-c2nc3cc(C)c(C)cc3n3cnc(-c4ccc(Br)cc4)c23)cc(OC)c1OC. The van der Waals surface area contributed by atoms with Crippen LogP contribution in [0.25, 0.3) is 39.1 Å². The lowest BCUT2D eigenvalue weighted by Crippen LogP contribution is -1.99. The largest absolute Gasteiger partial charge is 0.493 e. The molecule has 0 bridgehead atoms. The van der Waals surface area contributed by atoms with Crippen LogP contribution >= 0.6 is 15.9 Å². The molecule has 0 aliphatic carbocycles. The molecule has 34 heavy (non-hydrogen) atoms. The zero-order valence-electron chi connectivity index (χ0n) is 19.6. The molecule has 0 atom stereocenters. The fourth-order valence-corrected chi connectivity index (χ4v) is 4.50. The zero-order valence-corrected chi connectivity index (χ0v) is 21.2. The zero-order chi connectivity index (χ0) is 24.0. The molecule has 0 spiro atoms.